The molecule has 0 atom stereocenters. The molecule has 0 saturated heterocycles. The monoisotopic (exact) mass is 358 g/mol. The van der Waals surface area contributed by atoms with Crippen LogP contribution >= 0.6 is 39.2 Å². The topological polar surface area (TPSA) is 63.1 Å². The first kappa shape index (κ1) is 14.5. The van der Waals surface area contributed by atoms with Gasteiger partial charge in [0.2, 0.25) is 0 Å². The van der Waals surface area contributed by atoms with Gasteiger partial charge in [-0.2, -0.15) is 4.37 Å². The Balaban J connectivity index is 2.18. The molecule has 0 fully saturated rings. The minimum atomic E-state index is -0.946. The molecule has 0 radical (unpaired) electrons. The van der Waals surface area contributed by atoms with Gasteiger partial charge >= 0.3 is 5.97 Å². The number of hydrogen-bond donors (Lipinski definition) is 1. The molecule has 0 unspecified atom stereocenters. The van der Waals surface area contributed by atoms with Gasteiger partial charge in [0.1, 0.15) is 5.82 Å². The average molecular weight is 359 g/mol. The zero-order valence-electron chi connectivity index (χ0n) is 10.1. The van der Waals surface area contributed by atoms with Crippen LogP contribution < -0.4 is 0 Å². The maximum atomic E-state index is 11.1. The van der Waals surface area contributed by atoms with Crippen molar-refractivity contribution in [2.24, 2.45) is 0 Å². The second kappa shape index (κ2) is 6.49. The standard InChI is InChI=1S/C12H11BrN2O2S2/c1-2-3-10-14-12(19-15-10)18-7-4-5-9(13)8(6-7)11(16)17/h4-6H,2-3H2,1H3,(H,16,17). The summed E-state index contributed by atoms with van der Waals surface area (Å²) in [5, 5.41) is 9.07. The zero-order chi connectivity index (χ0) is 13.8. The highest BCUT2D eigenvalue weighted by Crippen LogP contribution is 2.31. The lowest BCUT2D eigenvalue weighted by atomic mass is 10.2. The van der Waals surface area contributed by atoms with Crippen LogP contribution in [-0.2, 0) is 6.42 Å². The van der Waals surface area contributed by atoms with Crippen molar-refractivity contribution in [3.05, 3.63) is 34.1 Å². The average Bonchev–Trinajstić information content (AvgIpc) is 2.79. The fraction of sp³-hybridized carbons (Fsp3) is 0.250. The predicted octanol–water partition coefficient (Wildman–Crippen LogP) is 4.10. The first-order chi connectivity index (χ1) is 9.10. The molecule has 19 heavy (non-hydrogen) atoms. The molecule has 2 rings (SSSR count). The van der Waals surface area contributed by atoms with Crippen molar-refractivity contribution in [2.75, 3.05) is 0 Å². The van der Waals surface area contributed by atoms with Gasteiger partial charge in [0.15, 0.2) is 4.34 Å². The van der Waals surface area contributed by atoms with E-state index in [1.807, 2.05) is 6.07 Å². The van der Waals surface area contributed by atoms with Crippen molar-refractivity contribution < 1.29 is 9.90 Å². The highest BCUT2D eigenvalue weighted by atomic mass is 79.9. The molecular weight excluding hydrogens is 348 g/mol. The van der Waals surface area contributed by atoms with Crippen molar-refractivity contribution in [2.45, 2.75) is 29.0 Å². The molecule has 4 nitrogen and oxygen atoms in total. The SMILES string of the molecule is CCCc1nsc(Sc2ccc(Br)c(C(=O)O)c2)n1. The van der Waals surface area contributed by atoms with E-state index in [1.54, 1.807) is 12.1 Å². The Morgan fingerprint density at radius 3 is 3.00 bits per heavy atom. The smallest absolute Gasteiger partial charge is 0.336 e. The Labute approximate surface area is 127 Å². The minimum absolute atomic E-state index is 0.253. The molecule has 0 saturated carbocycles. The molecule has 1 N–H and O–H groups in total. The van der Waals surface area contributed by atoms with Crippen LogP contribution in [0.15, 0.2) is 31.9 Å². The van der Waals surface area contributed by atoms with E-state index in [1.165, 1.54) is 23.3 Å². The van der Waals surface area contributed by atoms with E-state index >= 15 is 0 Å². The molecular formula is C12H11BrN2O2S2. The Kier molecular flexibility index (Phi) is 4.95. The minimum Gasteiger partial charge on any atom is -0.478 e. The first-order valence-electron chi connectivity index (χ1n) is 5.63. The molecule has 100 valence electrons. The van der Waals surface area contributed by atoms with Crippen LogP contribution in [0.5, 0.6) is 0 Å². The summed E-state index contributed by atoms with van der Waals surface area (Å²) in [6.45, 7) is 2.09. The summed E-state index contributed by atoms with van der Waals surface area (Å²) in [7, 11) is 0. The molecule has 1 aromatic heterocycles. The number of aromatic nitrogens is 2. The summed E-state index contributed by atoms with van der Waals surface area (Å²) in [6.07, 6.45) is 1.89. The van der Waals surface area contributed by atoms with Gasteiger partial charge in [-0.15, -0.1) is 0 Å². The maximum Gasteiger partial charge on any atom is 0.336 e. The van der Waals surface area contributed by atoms with Crippen molar-refractivity contribution >= 4 is 45.2 Å². The number of aromatic carboxylic acids is 1. The van der Waals surface area contributed by atoms with Crippen LogP contribution in [0, 0.1) is 0 Å². The zero-order valence-corrected chi connectivity index (χ0v) is 13.3. The number of halogens is 1. The molecule has 1 aromatic carbocycles. The summed E-state index contributed by atoms with van der Waals surface area (Å²) in [6, 6.07) is 5.24. The number of carbonyl (C=O) groups is 1. The normalized spacial score (nSPS) is 10.6. The number of carboxylic acids is 1. The van der Waals surface area contributed by atoms with E-state index < -0.39 is 5.97 Å². The second-order valence-electron chi connectivity index (χ2n) is 3.78. The van der Waals surface area contributed by atoms with Crippen molar-refractivity contribution in [1.29, 1.82) is 0 Å². The Hall–Kier alpha value is -0.920. The Morgan fingerprint density at radius 2 is 2.32 bits per heavy atom. The maximum absolute atomic E-state index is 11.1. The third-order valence-corrected chi connectivity index (χ3v) is 4.77. The van der Waals surface area contributed by atoms with Crippen LogP contribution in [-0.4, -0.2) is 20.4 Å². The van der Waals surface area contributed by atoms with Gasteiger partial charge in [-0.3, -0.25) is 0 Å². The Bertz CT molecular complexity index is 601. The van der Waals surface area contributed by atoms with Gasteiger partial charge in [0, 0.05) is 15.8 Å². The fourth-order valence-electron chi connectivity index (χ4n) is 1.44. The fourth-order valence-corrected chi connectivity index (χ4v) is 3.53. The summed E-state index contributed by atoms with van der Waals surface area (Å²) in [5.74, 6) is -0.0937. The summed E-state index contributed by atoms with van der Waals surface area (Å²) < 4.78 is 5.67. The van der Waals surface area contributed by atoms with Crippen LogP contribution in [0.3, 0.4) is 0 Å². The van der Waals surface area contributed by atoms with E-state index in [9.17, 15) is 4.79 Å². The van der Waals surface area contributed by atoms with E-state index in [0.717, 1.165) is 27.9 Å². The number of rotatable bonds is 5. The Morgan fingerprint density at radius 1 is 1.53 bits per heavy atom. The van der Waals surface area contributed by atoms with Gasteiger partial charge in [0.05, 0.1) is 5.56 Å². The molecule has 0 aliphatic heterocycles. The lowest BCUT2D eigenvalue weighted by molar-refractivity contribution is 0.0695. The molecule has 1 heterocycles. The van der Waals surface area contributed by atoms with Crippen molar-refractivity contribution in [3.8, 4) is 0 Å². The molecule has 0 aliphatic carbocycles. The van der Waals surface area contributed by atoms with Gasteiger partial charge in [0.25, 0.3) is 0 Å². The van der Waals surface area contributed by atoms with Crippen LogP contribution in [0.4, 0.5) is 0 Å². The highest BCUT2D eigenvalue weighted by Gasteiger charge is 2.11. The van der Waals surface area contributed by atoms with Gasteiger partial charge in [-0.1, -0.05) is 18.7 Å². The number of nitrogens with zero attached hydrogens (tertiary/aromatic N) is 2. The third-order valence-electron chi connectivity index (χ3n) is 2.30. The van der Waals surface area contributed by atoms with Gasteiger partial charge in [-0.25, -0.2) is 9.78 Å². The van der Waals surface area contributed by atoms with E-state index in [-0.39, 0.29) is 5.56 Å². The number of benzene rings is 1. The van der Waals surface area contributed by atoms with E-state index in [0.29, 0.717) is 4.47 Å². The highest BCUT2D eigenvalue weighted by molar-refractivity contribution is 9.10. The lowest BCUT2D eigenvalue weighted by Gasteiger charge is -2.02. The number of aryl methyl sites for hydroxylation is 1. The largest absolute Gasteiger partial charge is 0.478 e. The van der Waals surface area contributed by atoms with E-state index in [2.05, 4.69) is 32.2 Å². The molecule has 0 bridgehead atoms. The lowest BCUT2D eigenvalue weighted by Crippen LogP contribution is -1.97. The second-order valence-corrected chi connectivity index (χ2v) is 6.70. The molecule has 0 amide bonds. The summed E-state index contributed by atoms with van der Waals surface area (Å²) in [5.41, 5.74) is 0.253. The summed E-state index contributed by atoms with van der Waals surface area (Å²) >= 11 is 6.01. The van der Waals surface area contributed by atoms with Crippen molar-refractivity contribution in [3.63, 3.8) is 0 Å². The van der Waals surface area contributed by atoms with Crippen LogP contribution in [0.1, 0.15) is 29.5 Å². The quantitative estimate of drug-likeness (QED) is 0.871. The third kappa shape index (κ3) is 3.77. The molecule has 0 spiro atoms. The van der Waals surface area contributed by atoms with Crippen LogP contribution in [0.2, 0.25) is 0 Å². The van der Waals surface area contributed by atoms with Gasteiger partial charge < -0.3 is 5.11 Å². The molecule has 2 aromatic rings. The van der Waals surface area contributed by atoms with E-state index in [4.69, 9.17) is 5.11 Å². The van der Waals surface area contributed by atoms with Crippen molar-refractivity contribution in [1.82, 2.24) is 9.36 Å². The first-order valence-corrected chi connectivity index (χ1v) is 8.01. The molecule has 7 heteroatoms. The number of carboxylic acid groups (broad SMARTS) is 1. The molecule has 0 aliphatic rings. The predicted molar refractivity (Wildman–Crippen MR) is 79.1 cm³/mol. The van der Waals surface area contributed by atoms with Gasteiger partial charge in [-0.05, 0) is 52.1 Å². The van der Waals surface area contributed by atoms with Crippen LogP contribution in [0.25, 0.3) is 0 Å². The number of hydrogen-bond acceptors (Lipinski definition) is 5. The summed E-state index contributed by atoms with van der Waals surface area (Å²) in [4.78, 5) is 16.3.